The van der Waals surface area contributed by atoms with E-state index < -0.39 is 0 Å². The summed E-state index contributed by atoms with van der Waals surface area (Å²) in [6.07, 6.45) is 1.81. The standard InChI is InChI=1S/C12H14FNO/c1-12(7-8-12)11(15)14(2)10-6-4-3-5-9(10)13/h3-6H,7-8H2,1-2H3. The molecular weight excluding hydrogens is 193 g/mol. The number of carbonyl (C=O) groups excluding carboxylic acids is 1. The molecule has 3 heteroatoms. The fourth-order valence-electron chi connectivity index (χ4n) is 1.64. The van der Waals surface area contributed by atoms with Gasteiger partial charge in [0.1, 0.15) is 5.82 Å². The second kappa shape index (κ2) is 3.33. The highest BCUT2D eigenvalue weighted by atomic mass is 19.1. The maximum atomic E-state index is 13.4. The second-order valence-electron chi connectivity index (χ2n) is 4.38. The molecule has 0 radical (unpaired) electrons. The lowest BCUT2D eigenvalue weighted by molar-refractivity contribution is -0.122. The van der Waals surface area contributed by atoms with E-state index in [0.717, 1.165) is 12.8 Å². The van der Waals surface area contributed by atoms with Gasteiger partial charge < -0.3 is 4.90 Å². The number of hydrogen-bond donors (Lipinski definition) is 0. The molecule has 1 aromatic rings. The van der Waals surface area contributed by atoms with E-state index in [9.17, 15) is 9.18 Å². The minimum atomic E-state index is -0.349. The van der Waals surface area contributed by atoms with Crippen LogP contribution in [0.15, 0.2) is 24.3 Å². The van der Waals surface area contributed by atoms with E-state index in [4.69, 9.17) is 0 Å². The summed E-state index contributed by atoms with van der Waals surface area (Å²) < 4.78 is 13.4. The van der Waals surface area contributed by atoms with Gasteiger partial charge in [0.15, 0.2) is 0 Å². The van der Waals surface area contributed by atoms with Crippen LogP contribution in [0.25, 0.3) is 0 Å². The van der Waals surface area contributed by atoms with Crippen molar-refractivity contribution in [2.24, 2.45) is 5.41 Å². The van der Waals surface area contributed by atoms with Gasteiger partial charge in [-0.15, -0.1) is 0 Å². The summed E-state index contributed by atoms with van der Waals surface area (Å²) >= 11 is 0. The first-order valence-corrected chi connectivity index (χ1v) is 5.07. The van der Waals surface area contributed by atoms with Gasteiger partial charge in [0, 0.05) is 12.5 Å². The van der Waals surface area contributed by atoms with Gasteiger partial charge in [-0.05, 0) is 25.0 Å². The molecule has 80 valence electrons. The fraction of sp³-hybridized carbons (Fsp3) is 0.417. The van der Waals surface area contributed by atoms with Crippen molar-refractivity contribution < 1.29 is 9.18 Å². The maximum Gasteiger partial charge on any atom is 0.232 e. The van der Waals surface area contributed by atoms with E-state index in [0.29, 0.717) is 5.69 Å². The molecule has 0 aliphatic heterocycles. The van der Waals surface area contributed by atoms with Crippen molar-refractivity contribution in [1.29, 1.82) is 0 Å². The zero-order valence-electron chi connectivity index (χ0n) is 8.96. The Balaban J connectivity index is 2.24. The van der Waals surface area contributed by atoms with Crippen LogP contribution >= 0.6 is 0 Å². The fourth-order valence-corrected chi connectivity index (χ4v) is 1.64. The third-order valence-electron chi connectivity index (χ3n) is 3.03. The van der Waals surface area contributed by atoms with Crippen molar-refractivity contribution in [1.82, 2.24) is 0 Å². The molecule has 0 heterocycles. The minimum Gasteiger partial charge on any atom is -0.312 e. The van der Waals surface area contributed by atoms with Crippen LogP contribution in [0.3, 0.4) is 0 Å². The van der Waals surface area contributed by atoms with Crippen LogP contribution in [0.1, 0.15) is 19.8 Å². The van der Waals surface area contributed by atoms with Crippen molar-refractivity contribution in [3.05, 3.63) is 30.1 Å². The largest absolute Gasteiger partial charge is 0.312 e. The lowest BCUT2D eigenvalue weighted by Gasteiger charge is -2.21. The number of halogens is 1. The molecule has 0 unspecified atom stereocenters. The van der Waals surface area contributed by atoms with Gasteiger partial charge in [-0.2, -0.15) is 0 Å². The monoisotopic (exact) mass is 207 g/mol. The van der Waals surface area contributed by atoms with Gasteiger partial charge in [-0.3, -0.25) is 4.79 Å². The van der Waals surface area contributed by atoms with E-state index in [1.54, 1.807) is 25.2 Å². The maximum absolute atomic E-state index is 13.4. The first kappa shape index (κ1) is 10.1. The van der Waals surface area contributed by atoms with E-state index >= 15 is 0 Å². The number of nitrogens with zero attached hydrogens (tertiary/aromatic N) is 1. The Hall–Kier alpha value is -1.38. The summed E-state index contributed by atoms with van der Waals surface area (Å²) in [5, 5.41) is 0. The van der Waals surface area contributed by atoms with Crippen LogP contribution in [0.5, 0.6) is 0 Å². The molecule has 0 N–H and O–H groups in total. The molecule has 0 atom stereocenters. The molecule has 2 rings (SSSR count). The molecule has 1 amide bonds. The zero-order chi connectivity index (χ0) is 11.1. The van der Waals surface area contributed by atoms with Crippen LogP contribution in [-0.4, -0.2) is 13.0 Å². The second-order valence-corrected chi connectivity index (χ2v) is 4.38. The number of carbonyl (C=O) groups is 1. The summed E-state index contributed by atoms with van der Waals surface area (Å²) in [4.78, 5) is 13.4. The third kappa shape index (κ3) is 1.74. The first-order chi connectivity index (χ1) is 7.04. The highest BCUT2D eigenvalue weighted by Crippen LogP contribution is 2.46. The molecule has 1 aliphatic carbocycles. The number of benzene rings is 1. The van der Waals surface area contributed by atoms with Gasteiger partial charge >= 0.3 is 0 Å². The molecular formula is C12H14FNO. The van der Waals surface area contributed by atoms with Gasteiger partial charge in [-0.25, -0.2) is 4.39 Å². The number of para-hydroxylation sites is 1. The molecule has 1 fully saturated rings. The average Bonchev–Trinajstić information content (AvgIpc) is 2.96. The van der Waals surface area contributed by atoms with Crippen LogP contribution in [-0.2, 0) is 4.79 Å². The Kier molecular flexibility index (Phi) is 2.25. The van der Waals surface area contributed by atoms with Crippen molar-refractivity contribution in [3.8, 4) is 0 Å². The Morgan fingerprint density at radius 3 is 2.53 bits per heavy atom. The quantitative estimate of drug-likeness (QED) is 0.730. The molecule has 0 bridgehead atoms. The van der Waals surface area contributed by atoms with E-state index in [2.05, 4.69) is 0 Å². The van der Waals surface area contributed by atoms with Crippen molar-refractivity contribution in [3.63, 3.8) is 0 Å². The number of anilines is 1. The van der Waals surface area contributed by atoms with Crippen LogP contribution < -0.4 is 4.90 Å². The summed E-state index contributed by atoms with van der Waals surface area (Å²) in [6.45, 7) is 1.92. The highest BCUT2D eigenvalue weighted by Gasteiger charge is 2.46. The Morgan fingerprint density at radius 1 is 1.40 bits per heavy atom. The molecule has 1 aliphatic rings. The first-order valence-electron chi connectivity index (χ1n) is 5.07. The van der Waals surface area contributed by atoms with Gasteiger partial charge in [-0.1, -0.05) is 19.1 Å². The average molecular weight is 207 g/mol. The summed E-state index contributed by atoms with van der Waals surface area (Å²) in [5.74, 6) is -0.342. The topological polar surface area (TPSA) is 20.3 Å². The van der Waals surface area contributed by atoms with E-state index in [1.807, 2.05) is 6.92 Å². The number of rotatable bonds is 2. The summed E-state index contributed by atoms with van der Waals surface area (Å²) in [6, 6.07) is 6.35. The number of amides is 1. The number of hydrogen-bond acceptors (Lipinski definition) is 1. The van der Waals surface area contributed by atoms with Crippen LogP contribution in [0, 0.1) is 11.2 Å². The molecule has 1 aromatic carbocycles. The zero-order valence-corrected chi connectivity index (χ0v) is 8.96. The summed E-state index contributed by atoms with van der Waals surface area (Å²) in [7, 11) is 1.63. The van der Waals surface area contributed by atoms with Crippen LogP contribution in [0.2, 0.25) is 0 Å². The van der Waals surface area contributed by atoms with E-state index in [1.165, 1.54) is 11.0 Å². The predicted molar refractivity (Wildman–Crippen MR) is 57.2 cm³/mol. The Morgan fingerprint density at radius 2 is 2.00 bits per heavy atom. The third-order valence-corrected chi connectivity index (χ3v) is 3.03. The van der Waals surface area contributed by atoms with Gasteiger partial charge in [0.25, 0.3) is 0 Å². The van der Waals surface area contributed by atoms with E-state index in [-0.39, 0.29) is 17.1 Å². The minimum absolute atomic E-state index is 0.00704. The van der Waals surface area contributed by atoms with Gasteiger partial charge in [0.05, 0.1) is 5.69 Å². The lowest BCUT2D eigenvalue weighted by Crippen LogP contribution is -2.33. The molecule has 0 spiro atoms. The lowest BCUT2D eigenvalue weighted by atomic mass is 10.1. The van der Waals surface area contributed by atoms with Crippen molar-refractivity contribution in [2.45, 2.75) is 19.8 Å². The molecule has 2 nitrogen and oxygen atoms in total. The summed E-state index contributed by atoms with van der Waals surface area (Å²) in [5.41, 5.74) is 0.104. The molecule has 1 saturated carbocycles. The molecule has 15 heavy (non-hydrogen) atoms. The molecule has 0 saturated heterocycles. The molecule has 0 aromatic heterocycles. The Labute approximate surface area is 88.7 Å². The van der Waals surface area contributed by atoms with Crippen molar-refractivity contribution in [2.75, 3.05) is 11.9 Å². The van der Waals surface area contributed by atoms with Gasteiger partial charge in [0.2, 0.25) is 5.91 Å². The highest BCUT2D eigenvalue weighted by molar-refractivity contribution is 5.98. The van der Waals surface area contributed by atoms with Crippen molar-refractivity contribution >= 4 is 11.6 Å². The Bertz CT molecular complexity index is 398. The smallest absolute Gasteiger partial charge is 0.232 e. The normalized spacial score (nSPS) is 17.3. The van der Waals surface area contributed by atoms with Crippen LogP contribution in [0.4, 0.5) is 10.1 Å². The predicted octanol–water partition coefficient (Wildman–Crippen LogP) is 2.59. The SMILES string of the molecule is CN(C(=O)C1(C)CC1)c1ccccc1F.